The van der Waals surface area contributed by atoms with Gasteiger partial charge < -0.3 is 0 Å². The van der Waals surface area contributed by atoms with Crippen molar-refractivity contribution in [1.82, 2.24) is 0 Å². The highest BCUT2D eigenvalue weighted by molar-refractivity contribution is 5.74. The van der Waals surface area contributed by atoms with Crippen LogP contribution in [0, 0.1) is 40.5 Å². The largest absolute Gasteiger partial charge is 0.213 e. The van der Waals surface area contributed by atoms with Crippen LogP contribution in [0.4, 0.5) is 0 Å². The number of hydrogen-bond acceptors (Lipinski definition) is 0. The molecule has 2 unspecified atom stereocenters. The maximum atomic E-state index is 8.23. The van der Waals surface area contributed by atoms with Crippen LogP contribution < -0.4 is 18.3 Å². The molecule has 0 N–H and O–H groups in total. The minimum Gasteiger partial charge on any atom is -0.201 e. The van der Waals surface area contributed by atoms with Gasteiger partial charge in [0.25, 0.3) is 0 Å². The van der Waals surface area contributed by atoms with Crippen molar-refractivity contribution in [2.24, 2.45) is 34.1 Å². The number of hydrogen-bond donors (Lipinski definition) is 0. The fourth-order valence-corrected chi connectivity index (χ4v) is 11.1. The van der Waals surface area contributed by atoms with Gasteiger partial charge >= 0.3 is 0 Å². The molecule has 0 bridgehead atoms. The highest BCUT2D eigenvalue weighted by Gasteiger charge is 2.18. The molecular weight excluding hydrogens is 1090 g/mol. The normalized spacial score (nSPS) is 14.4. The molecule has 0 fully saturated rings. The molecule has 0 amide bonds. The van der Waals surface area contributed by atoms with E-state index < -0.39 is 32.3 Å². The van der Waals surface area contributed by atoms with E-state index in [1.807, 2.05) is 124 Å². The van der Waals surface area contributed by atoms with Crippen molar-refractivity contribution in [2.75, 3.05) is 0 Å². The zero-order valence-corrected chi connectivity index (χ0v) is 54.1. The fourth-order valence-electron chi connectivity index (χ4n) is 11.1. The average molecular weight is 1190 g/mol. The van der Waals surface area contributed by atoms with Crippen LogP contribution in [0.3, 0.4) is 0 Å². The van der Waals surface area contributed by atoms with Crippen molar-refractivity contribution in [3.05, 3.63) is 312 Å². The predicted molar refractivity (Wildman–Crippen MR) is 380 cm³/mol. The average Bonchev–Trinajstić information content (AvgIpc) is 0.811. The van der Waals surface area contributed by atoms with Crippen LogP contribution >= 0.6 is 0 Å². The van der Waals surface area contributed by atoms with Crippen molar-refractivity contribution in [3.63, 3.8) is 0 Å². The highest BCUT2D eigenvalue weighted by atomic mass is 14.9. The van der Waals surface area contributed by atoms with E-state index in [1.54, 1.807) is 12.1 Å². The number of aromatic nitrogens is 4. The zero-order valence-electron chi connectivity index (χ0n) is 65.1. The first-order valence-electron chi connectivity index (χ1n) is 36.3. The second-order valence-electron chi connectivity index (χ2n) is 23.5. The van der Waals surface area contributed by atoms with Crippen LogP contribution in [0.15, 0.2) is 267 Å². The van der Waals surface area contributed by atoms with E-state index in [2.05, 4.69) is 212 Å². The van der Waals surface area contributed by atoms with Gasteiger partial charge in [-0.25, -0.2) is 18.3 Å². The molecule has 4 heterocycles. The fraction of sp³-hybridized carbons (Fsp3) is 0.209. The quantitative estimate of drug-likeness (QED) is 0.108. The molecule has 12 rings (SSSR count). The van der Waals surface area contributed by atoms with Crippen molar-refractivity contribution < 1.29 is 33.3 Å². The summed E-state index contributed by atoms with van der Waals surface area (Å²) in [7, 11) is 8.21. The molecule has 0 aliphatic carbocycles. The lowest BCUT2D eigenvalue weighted by atomic mass is 9.97. The summed E-state index contributed by atoms with van der Waals surface area (Å²) in [6.45, 7) is 6.91. The highest BCUT2D eigenvalue weighted by Crippen LogP contribution is 2.31. The lowest BCUT2D eigenvalue weighted by Gasteiger charge is -2.09. The van der Waals surface area contributed by atoms with Gasteiger partial charge in [0.05, 0.1) is 0 Å². The topological polar surface area (TPSA) is 15.5 Å². The number of rotatable bonds is 12. The molecular formula is C86H92N4+4. The molecule has 0 saturated heterocycles. The van der Waals surface area contributed by atoms with Gasteiger partial charge in [-0.3, -0.25) is 0 Å². The molecule has 4 nitrogen and oxygen atoms in total. The van der Waals surface area contributed by atoms with Gasteiger partial charge in [0.1, 0.15) is 28.2 Å². The first-order chi connectivity index (χ1) is 47.7. The molecule has 90 heavy (non-hydrogen) atoms. The predicted octanol–water partition coefficient (Wildman–Crippen LogP) is 19.8. The summed E-state index contributed by atoms with van der Waals surface area (Å²) in [6, 6.07) is 82.3. The molecule has 0 radical (unpaired) electrons. The van der Waals surface area contributed by atoms with Crippen LogP contribution in [0.5, 0.6) is 0 Å². The van der Waals surface area contributed by atoms with E-state index in [9.17, 15) is 0 Å². The SMILES string of the molecule is Cc1ccc(-c2cc[n+](C)c(-c3ccccc3C)c2)cc1.[2H]C([2H])([2H])C([2H])(C)Cc1ccc(-c2cc[n+](C)c(-c3ccccc3C)c2)cc1.[2H]C([2H])([2H])C([2H])(C)c1ccc(-c2cc[n+](C)c(-c3ccccc3C)c2)cc1.[2H]C([2H])([2H])Cc1ccc(-c2cc[n+](C)c(-c3ccccc3C)c2)cc1. The molecule has 4 aromatic heterocycles. The van der Waals surface area contributed by atoms with Gasteiger partial charge in [0.2, 0.25) is 22.8 Å². The first kappa shape index (κ1) is 51.3. The Hall–Kier alpha value is -9.64. The van der Waals surface area contributed by atoms with Crippen molar-refractivity contribution >= 4 is 0 Å². The van der Waals surface area contributed by atoms with Crippen LogP contribution in [0.2, 0.25) is 0 Å². The van der Waals surface area contributed by atoms with E-state index in [4.69, 9.17) is 15.1 Å². The van der Waals surface area contributed by atoms with Gasteiger partial charge in [0, 0.05) is 85.9 Å². The second kappa shape index (κ2) is 30.5. The van der Waals surface area contributed by atoms with Gasteiger partial charge in [-0.15, -0.1) is 0 Å². The van der Waals surface area contributed by atoms with E-state index in [-0.39, 0.29) is 12.8 Å². The number of aryl methyl sites for hydroxylation is 10. The number of pyridine rings is 4. The monoisotopic (exact) mass is 1190 g/mol. The van der Waals surface area contributed by atoms with E-state index >= 15 is 0 Å². The van der Waals surface area contributed by atoms with Crippen LogP contribution in [-0.2, 0) is 41.0 Å². The zero-order chi connectivity index (χ0) is 73.2. The van der Waals surface area contributed by atoms with Crippen molar-refractivity contribution in [1.29, 1.82) is 0 Å². The van der Waals surface area contributed by atoms with Gasteiger partial charge in [-0.1, -0.05) is 210 Å². The Morgan fingerprint density at radius 3 is 0.933 bits per heavy atom. The summed E-state index contributed by atoms with van der Waals surface area (Å²) in [5.41, 5.74) is 26.9. The van der Waals surface area contributed by atoms with Crippen molar-refractivity contribution in [3.8, 4) is 89.5 Å². The minimum atomic E-state index is -2.37. The Bertz CT molecular complexity index is 4800. The Balaban J connectivity index is 0.000000158. The molecule has 452 valence electrons. The molecule has 0 aliphatic rings. The molecule has 8 aromatic carbocycles. The lowest BCUT2D eigenvalue weighted by Crippen LogP contribution is -2.30. The van der Waals surface area contributed by atoms with Gasteiger partial charge in [-0.2, -0.15) is 0 Å². The molecule has 12 aromatic rings. The third-order valence-electron chi connectivity index (χ3n) is 16.6. The smallest absolute Gasteiger partial charge is 0.201 e. The van der Waals surface area contributed by atoms with E-state index in [0.717, 1.165) is 61.6 Å². The van der Waals surface area contributed by atoms with E-state index in [1.165, 1.54) is 80.7 Å². The summed E-state index contributed by atoms with van der Waals surface area (Å²) in [5.74, 6) is -3.12. The molecule has 0 saturated carbocycles. The maximum absolute atomic E-state index is 8.23. The Kier molecular flexibility index (Phi) is 17.4. The third-order valence-corrected chi connectivity index (χ3v) is 16.6. The summed E-state index contributed by atoms with van der Waals surface area (Å²) in [4.78, 5) is 0. The molecule has 0 spiro atoms. The van der Waals surface area contributed by atoms with Crippen LogP contribution in [0.1, 0.15) is 99.9 Å². The summed E-state index contributed by atoms with van der Waals surface area (Å²) < 4.78 is 92.5. The Labute approximate surface area is 554 Å². The standard InChI is InChI=1S/C23H26N.C22H24N.C21H22N.C20H20N/c1-17(2)15-19-9-11-20(12-10-19)21-13-14-24(4)23(16-21)22-8-6-5-7-18(22)3;1-16(2)18-9-11-19(12-10-18)20-13-14-23(4)22(15-20)21-8-6-5-7-17(21)3;1-4-17-9-11-18(12-10-17)19-13-14-22(3)21(15-19)20-8-6-5-7-16(20)2;1-15-8-10-17(11-9-15)18-12-13-21(3)20(14-18)19-7-5-4-6-16(19)2/h5-14,16-17H,15H2,1-4H3;5-16H,1-4H3;5-15H,4H2,1-3H3;4-14H,1-3H3/q4*+1/i1D3,17D;1D3,16D;1D3;. The summed E-state index contributed by atoms with van der Waals surface area (Å²) in [6.07, 6.45) is 8.58. The first-order valence-corrected chi connectivity index (χ1v) is 30.8. The third kappa shape index (κ3) is 16.5. The molecule has 2 atom stereocenters. The summed E-state index contributed by atoms with van der Waals surface area (Å²) >= 11 is 0. The molecule has 4 heteroatoms. The minimum absolute atomic E-state index is 0.103. The van der Waals surface area contributed by atoms with Gasteiger partial charge in [0.15, 0.2) is 24.8 Å². The van der Waals surface area contributed by atoms with E-state index in [0.29, 0.717) is 5.56 Å². The van der Waals surface area contributed by atoms with Crippen LogP contribution in [-0.4, -0.2) is 0 Å². The Morgan fingerprint density at radius 1 is 0.333 bits per heavy atom. The maximum Gasteiger partial charge on any atom is 0.213 e. The van der Waals surface area contributed by atoms with Crippen molar-refractivity contribution in [2.45, 2.75) is 87.8 Å². The number of nitrogens with zero attached hydrogens (tertiary/aromatic N) is 4. The second-order valence-corrected chi connectivity index (χ2v) is 23.5. The summed E-state index contributed by atoms with van der Waals surface area (Å²) in [5, 5.41) is 0. The molecule has 0 aliphatic heterocycles. The lowest BCUT2D eigenvalue weighted by molar-refractivity contribution is -0.660. The number of benzene rings is 8. The Morgan fingerprint density at radius 2 is 0.633 bits per heavy atom. The van der Waals surface area contributed by atoms with Crippen LogP contribution in [0.25, 0.3) is 89.5 Å². The van der Waals surface area contributed by atoms with Gasteiger partial charge in [-0.05, 0) is 167 Å².